The van der Waals surface area contributed by atoms with Crippen molar-refractivity contribution in [2.24, 2.45) is 5.73 Å². The van der Waals surface area contributed by atoms with E-state index in [1.807, 2.05) is 0 Å². The molecule has 0 aromatic rings. The molecule has 0 aromatic carbocycles. The van der Waals surface area contributed by atoms with Crippen LogP contribution in [0, 0.1) is 0 Å². The fourth-order valence-electron chi connectivity index (χ4n) is 10.1. The number of nitrogens with two attached hydrogens (primary N) is 1. The molecule has 8 amide bonds. The first-order valence-electron chi connectivity index (χ1n) is 38.5. The average molecular weight is 1490 g/mol. The molecule has 0 rings (SSSR count). The molecule has 29 nitrogen and oxygen atoms in total. The first-order valence-corrected chi connectivity index (χ1v) is 39.6. The third-order valence-corrected chi connectivity index (χ3v) is 17.0. The molecule has 0 fully saturated rings. The van der Waals surface area contributed by atoms with Gasteiger partial charge in [-0.15, -0.1) is 0 Å². The van der Waals surface area contributed by atoms with Gasteiger partial charge in [-0.1, -0.05) is 168 Å². The van der Waals surface area contributed by atoms with Crippen molar-refractivity contribution in [2.45, 2.75) is 244 Å². The van der Waals surface area contributed by atoms with Gasteiger partial charge in [0.05, 0.1) is 66.0 Å². The summed E-state index contributed by atoms with van der Waals surface area (Å²) < 4.78 is 54.8. The molecule has 0 aromatic heterocycles. The number of nitrogens with one attached hydrogen (secondary N) is 7. The minimum atomic E-state index is -1.36. The summed E-state index contributed by atoms with van der Waals surface area (Å²) in [6.07, 6.45) is 31.8. The molecular formula is C73H136N8O21S. The van der Waals surface area contributed by atoms with Gasteiger partial charge in [0.1, 0.15) is 51.2 Å². The monoisotopic (exact) mass is 1490 g/mol. The van der Waals surface area contributed by atoms with Crippen molar-refractivity contribution < 1.29 is 100 Å². The Morgan fingerprint density at radius 3 is 1.15 bits per heavy atom. The Morgan fingerprint density at radius 1 is 0.369 bits per heavy atom. The third kappa shape index (κ3) is 70.8. The molecule has 3 atom stereocenters. The number of carbonyl (C=O) groups is 10. The maximum atomic E-state index is 13.8. The fraction of sp³-hybridized carbons (Fsp3) is 0.863. The fourth-order valence-corrected chi connectivity index (χ4v) is 11.1. The van der Waals surface area contributed by atoms with Crippen LogP contribution < -0.4 is 43.0 Å². The van der Waals surface area contributed by atoms with Crippen molar-refractivity contribution in [1.82, 2.24) is 37.2 Å². The first kappa shape index (κ1) is 97.7. The second-order valence-electron chi connectivity index (χ2n) is 25.5. The van der Waals surface area contributed by atoms with Crippen LogP contribution in [0.2, 0.25) is 0 Å². The van der Waals surface area contributed by atoms with Crippen molar-refractivity contribution in [3.05, 3.63) is 0 Å². The van der Waals surface area contributed by atoms with Gasteiger partial charge in [-0.05, 0) is 38.5 Å². The lowest BCUT2D eigenvalue weighted by Crippen LogP contribution is -2.54. The van der Waals surface area contributed by atoms with Crippen LogP contribution in [0.1, 0.15) is 226 Å². The zero-order chi connectivity index (χ0) is 75.5. The smallest absolute Gasteiger partial charge is 0.306 e. The number of aliphatic hydroxyl groups excluding tert-OH is 1. The molecule has 10 N–H and O–H groups in total. The molecule has 0 spiro atoms. The number of hydrogen-bond acceptors (Lipinski definition) is 22. The Kier molecular flexibility index (Phi) is 71.1. The number of primary amides is 1. The van der Waals surface area contributed by atoms with Crippen LogP contribution in [-0.2, 0) is 95.3 Å². The van der Waals surface area contributed by atoms with Crippen LogP contribution in [-0.4, -0.2) is 246 Å². The Hall–Kier alpha value is -5.31. The highest BCUT2D eigenvalue weighted by Crippen LogP contribution is 2.17. The highest BCUT2D eigenvalue weighted by Gasteiger charge is 2.26. The molecule has 30 heteroatoms. The van der Waals surface area contributed by atoms with Gasteiger partial charge in [0, 0.05) is 83.9 Å². The lowest BCUT2D eigenvalue weighted by Gasteiger charge is -2.21. The van der Waals surface area contributed by atoms with Gasteiger partial charge >= 0.3 is 11.9 Å². The molecule has 0 heterocycles. The molecule has 0 aliphatic heterocycles. The zero-order valence-electron chi connectivity index (χ0n) is 63.1. The minimum absolute atomic E-state index is 0.0731. The minimum Gasteiger partial charge on any atom is -0.462 e. The number of carbonyl (C=O) groups excluding carboxylic acids is 10. The topological polar surface area (TPSA) is 393 Å². The molecule has 600 valence electrons. The van der Waals surface area contributed by atoms with E-state index in [0.717, 1.165) is 56.7 Å². The predicted octanol–water partition coefficient (Wildman–Crippen LogP) is 5.88. The highest BCUT2D eigenvalue weighted by atomic mass is 32.2. The summed E-state index contributed by atoms with van der Waals surface area (Å²) >= 11 is 1.14. The number of thioether (sulfide) groups is 1. The van der Waals surface area contributed by atoms with Gasteiger partial charge in [0.25, 0.3) is 0 Å². The summed E-state index contributed by atoms with van der Waals surface area (Å²) in [5.41, 5.74) is 4.96. The van der Waals surface area contributed by atoms with Crippen molar-refractivity contribution in [3.63, 3.8) is 0 Å². The van der Waals surface area contributed by atoms with Crippen LogP contribution in [0.25, 0.3) is 0 Å². The summed E-state index contributed by atoms with van der Waals surface area (Å²) in [4.78, 5) is 125. The van der Waals surface area contributed by atoms with Crippen molar-refractivity contribution in [1.29, 1.82) is 0 Å². The standard InChI is InChI=1S/C73H136N8O21S/c1-4-6-8-10-12-14-16-18-20-22-24-26-28-34-70(89)101-54-62(102-71(90)35-29-27-25-23-21-19-17-15-13-11-9-7-5-2)59-103-60-64(81-69(88)58-100-57-68(87)77-38-32-42-95-45-49-97-48-44-93-40-30-36-75-61(3)83)73(92)79-52-66(85)80-63(53-82)72(91)78-39-33-43-96-47-51-98-50-46-94-41-31-37-76-67(86)56-99-55-65(74)84/h62-64,82H,4-60H2,1-3H3,(H2,74,84)(H,75,83)(H,76,86)(H,77,87)(H,78,91)(H,79,92)(H,80,85)(H,81,88)/t62-,63-,64+/m1/s1. The maximum Gasteiger partial charge on any atom is 0.306 e. The van der Waals surface area contributed by atoms with E-state index in [1.54, 1.807) is 0 Å². The van der Waals surface area contributed by atoms with Crippen LogP contribution in [0.5, 0.6) is 0 Å². The highest BCUT2D eigenvalue weighted by molar-refractivity contribution is 7.99. The number of rotatable bonds is 78. The largest absolute Gasteiger partial charge is 0.462 e. The van der Waals surface area contributed by atoms with Gasteiger partial charge in [0.2, 0.25) is 47.3 Å². The number of aliphatic hydroxyl groups is 1. The lowest BCUT2D eigenvalue weighted by atomic mass is 10.0. The second kappa shape index (κ2) is 74.9. The van der Waals surface area contributed by atoms with Gasteiger partial charge in [-0.2, -0.15) is 11.8 Å². The van der Waals surface area contributed by atoms with E-state index in [2.05, 4.69) is 51.1 Å². The van der Waals surface area contributed by atoms with E-state index < -0.39 is 91.9 Å². The Balaban J connectivity index is 5.50. The molecule has 103 heavy (non-hydrogen) atoms. The van der Waals surface area contributed by atoms with Crippen LogP contribution in [0.4, 0.5) is 0 Å². The number of hydrogen-bond donors (Lipinski definition) is 9. The summed E-state index contributed by atoms with van der Waals surface area (Å²) in [5, 5.41) is 28.2. The van der Waals surface area contributed by atoms with Gasteiger partial charge in [-0.3, -0.25) is 47.9 Å². The Bertz CT molecular complexity index is 2150. The molecule has 0 saturated carbocycles. The first-order chi connectivity index (χ1) is 50.1. The predicted molar refractivity (Wildman–Crippen MR) is 395 cm³/mol. The Labute approximate surface area is 619 Å². The van der Waals surface area contributed by atoms with E-state index in [-0.39, 0.29) is 82.3 Å². The second-order valence-corrected chi connectivity index (χ2v) is 26.5. The van der Waals surface area contributed by atoms with E-state index in [1.165, 1.54) is 116 Å². The van der Waals surface area contributed by atoms with E-state index in [0.29, 0.717) is 118 Å². The van der Waals surface area contributed by atoms with Crippen molar-refractivity contribution >= 4 is 71.0 Å². The number of amides is 8. The van der Waals surface area contributed by atoms with E-state index in [9.17, 15) is 53.1 Å². The lowest BCUT2D eigenvalue weighted by molar-refractivity contribution is -0.157. The molecule has 0 aliphatic rings. The summed E-state index contributed by atoms with van der Waals surface area (Å²) in [6, 6.07) is -2.67. The van der Waals surface area contributed by atoms with Crippen LogP contribution >= 0.6 is 11.8 Å². The molecule has 0 bridgehead atoms. The third-order valence-electron chi connectivity index (χ3n) is 15.8. The summed E-state index contributed by atoms with van der Waals surface area (Å²) in [7, 11) is 0. The normalized spacial score (nSPS) is 12.0. The van der Waals surface area contributed by atoms with Crippen LogP contribution in [0.15, 0.2) is 0 Å². The van der Waals surface area contributed by atoms with Crippen molar-refractivity contribution in [2.75, 3.05) is 163 Å². The quantitative estimate of drug-likeness (QED) is 0.0253. The van der Waals surface area contributed by atoms with Gasteiger partial charge in [0.15, 0.2) is 0 Å². The summed E-state index contributed by atoms with van der Waals surface area (Å²) in [5.74, 6) is -5.54. The molecule has 0 unspecified atom stereocenters. The molecule has 0 radical (unpaired) electrons. The molecule has 0 aliphatic carbocycles. The summed E-state index contributed by atoms with van der Waals surface area (Å²) in [6.45, 7) is 8.26. The maximum absolute atomic E-state index is 13.8. The van der Waals surface area contributed by atoms with Gasteiger partial charge in [-0.25, -0.2) is 0 Å². The zero-order valence-corrected chi connectivity index (χ0v) is 64.0. The van der Waals surface area contributed by atoms with E-state index in [4.69, 9.17) is 53.1 Å². The number of unbranched alkanes of at least 4 members (excludes halogenated alkanes) is 24. The van der Waals surface area contributed by atoms with Crippen molar-refractivity contribution in [3.8, 4) is 0 Å². The number of esters is 2. The number of ether oxygens (including phenoxy) is 10. The van der Waals surface area contributed by atoms with E-state index >= 15 is 0 Å². The molecular weight excluding hydrogens is 1360 g/mol. The molecule has 0 saturated heterocycles. The van der Waals surface area contributed by atoms with Crippen LogP contribution in [0.3, 0.4) is 0 Å². The Morgan fingerprint density at radius 2 is 0.728 bits per heavy atom. The average Bonchev–Trinajstić information content (AvgIpc) is 0.930. The SMILES string of the molecule is CCCCCCCCCCCCCCCC(=O)OC[C@H](CSC[C@H](NC(=O)COCC(=O)NCCCOCCOCCOCCCNC(C)=O)C(=O)NCC(=O)N[C@H](CO)C(=O)NCCCOCCOCCOCCCNC(=O)COCC(N)=O)OC(=O)CCCCCCCCCCCCCCC. The van der Waals surface area contributed by atoms with Gasteiger partial charge < -0.3 is 95.4 Å².